The molecule has 0 saturated carbocycles. The molecule has 2 amide bonds. The predicted molar refractivity (Wildman–Crippen MR) is 167 cm³/mol. The second-order valence-corrected chi connectivity index (χ2v) is 14.8. The summed E-state index contributed by atoms with van der Waals surface area (Å²) >= 11 is 0. The zero-order chi connectivity index (χ0) is 30.2. The van der Waals surface area contributed by atoms with Crippen LogP contribution in [0.4, 0.5) is 0 Å². The predicted octanol–water partition coefficient (Wildman–Crippen LogP) is 4.77. The number of benzene rings is 3. The van der Waals surface area contributed by atoms with Crippen molar-refractivity contribution in [2.24, 2.45) is 11.3 Å². The number of likely N-dealkylation sites (tertiary alicyclic amines) is 3. The fourth-order valence-electron chi connectivity index (χ4n) is 7.35. The topological polar surface area (TPSA) is 78.0 Å². The molecule has 3 aromatic carbocycles. The molecule has 3 saturated heterocycles. The van der Waals surface area contributed by atoms with E-state index in [9.17, 15) is 18.0 Å². The van der Waals surface area contributed by atoms with Gasteiger partial charge in [-0.1, -0.05) is 60.7 Å². The quantitative estimate of drug-likeness (QED) is 0.391. The Morgan fingerprint density at radius 1 is 0.860 bits per heavy atom. The third-order valence-electron chi connectivity index (χ3n) is 9.96. The summed E-state index contributed by atoms with van der Waals surface area (Å²) in [6, 6.07) is 25.3. The van der Waals surface area contributed by atoms with Gasteiger partial charge in [0.2, 0.25) is 5.91 Å². The van der Waals surface area contributed by atoms with Gasteiger partial charge in [-0.05, 0) is 80.1 Å². The maximum absolute atomic E-state index is 13.6. The maximum atomic E-state index is 13.6. The van der Waals surface area contributed by atoms with E-state index in [0.717, 1.165) is 75.2 Å². The lowest BCUT2D eigenvalue weighted by Crippen LogP contribution is -2.46. The lowest BCUT2D eigenvalue weighted by atomic mass is 9.76. The van der Waals surface area contributed by atoms with Crippen molar-refractivity contribution >= 4 is 21.7 Å². The molecule has 2 unspecified atom stereocenters. The third-order valence-corrected chi connectivity index (χ3v) is 11.1. The van der Waals surface area contributed by atoms with E-state index in [1.807, 2.05) is 59.2 Å². The van der Waals surface area contributed by atoms with Crippen molar-refractivity contribution in [3.8, 4) is 0 Å². The molecule has 226 valence electrons. The Hall–Kier alpha value is -3.49. The van der Waals surface area contributed by atoms with Gasteiger partial charge in [0.25, 0.3) is 5.91 Å². The zero-order valence-corrected chi connectivity index (χ0v) is 25.9. The maximum Gasteiger partial charge on any atom is 0.254 e. The summed E-state index contributed by atoms with van der Waals surface area (Å²) in [7, 11) is -3.24. The highest BCUT2D eigenvalue weighted by molar-refractivity contribution is 7.90. The number of carbonyl (C=O) groups excluding carboxylic acids is 2. The van der Waals surface area contributed by atoms with Gasteiger partial charge in [0.05, 0.1) is 10.3 Å². The van der Waals surface area contributed by atoms with Gasteiger partial charge < -0.3 is 14.7 Å². The average molecular weight is 600 g/mol. The molecule has 0 N–H and O–H groups in total. The van der Waals surface area contributed by atoms with Gasteiger partial charge in [0.1, 0.15) is 0 Å². The normalized spacial score (nSPS) is 22.4. The highest BCUT2D eigenvalue weighted by Gasteiger charge is 2.48. The van der Waals surface area contributed by atoms with Crippen LogP contribution in [0.25, 0.3) is 0 Å². The van der Waals surface area contributed by atoms with E-state index in [1.165, 1.54) is 11.8 Å². The number of rotatable bonds is 7. The standard InChI is InChI=1S/C35H41N3O4S/c1-26-8-6-7-11-31(26)33(39)38-24-29(32(25-38)28-9-4-3-5-10-28)23-36-19-16-35(17-20-36)18-21-37(34(35)40)22-27-12-14-30(15-13-27)43(2,41)42/h3-15,29,32H,16-25H2,1-2H3. The molecule has 7 nitrogen and oxygen atoms in total. The van der Waals surface area contributed by atoms with Crippen molar-refractivity contribution in [1.82, 2.24) is 14.7 Å². The van der Waals surface area contributed by atoms with Crippen LogP contribution in [-0.4, -0.2) is 80.5 Å². The van der Waals surface area contributed by atoms with Gasteiger partial charge >= 0.3 is 0 Å². The molecule has 43 heavy (non-hydrogen) atoms. The minimum atomic E-state index is -3.24. The van der Waals surface area contributed by atoms with Gasteiger partial charge in [-0.15, -0.1) is 0 Å². The Morgan fingerprint density at radius 3 is 2.19 bits per heavy atom. The molecule has 0 aliphatic carbocycles. The smallest absolute Gasteiger partial charge is 0.254 e. The van der Waals surface area contributed by atoms with E-state index in [-0.39, 0.29) is 23.1 Å². The molecule has 3 aliphatic heterocycles. The van der Waals surface area contributed by atoms with Gasteiger partial charge in [-0.25, -0.2) is 8.42 Å². The molecule has 0 radical (unpaired) electrons. The summed E-state index contributed by atoms with van der Waals surface area (Å²) in [5, 5.41) is 0. The monoisotopic (exact) mass is 599 g/mol. The van der Waals surface area contributed by atoms with E-state index in [0.29, 0.717) is 17.4 Å². The number of aryl methyl sites for hydroxylation is 1. The number of sulfone groups is 1. The molecule has 1 spiro atoms. The molecule has 0 aromatic heterocycles. The van der Waals surface area contributed by atoms with Crippen LogP contribution >= 0.6 is 0 Å². The summed E-state index contributed by atoms with van der Waals surface area (Å²) in [5.74, 6) is 0.956. The number of hydrogen-bond donors (Lipinski definition) is 0. The first-order valence-electron chi connectivity index (χ1n) is 15.3. The SMILES string of the molecule is Cc1ccccc1C(=O)N1CC(CN2CCC3(CC2)CCN(Cc2ccc(S(C)(=O)=O)cc2)C3=O)C(c2ccccc2)C1. The second-order valence-electron chi connectivity index (χ2n) is 12.8. The first-order valence-corrected chi connectivity index (χ1v) is 17.2. The summed E-state index contributed by atoms with van der Waals surface area (Å²) < 4.78 is 23.6. The van der Waals surface area contributed by atoms with Crippen molar-refractivity contribution in [2.45, 2.75) is 43.5 Å². The van der Waals surface area contributed by atoms with E-state index in [1.54, 1.807) is 12.1 Å². The Bertz CT molecular complexity index is 1580. The summed E-state index contributed by atoms with van der Waals surface area (Å²) in [4.78, 5) is 34.0. The largest absolute Gasteiger partial charge is 0.338 e. The Kier molecular flexibility index (Phi) is 8.18. The average Bonchev–Trinajstić information content (AvgIpc) is 3.56. The van der Waals surface area contributed by atoms with Gasteiger partial charge in [0.15, 0.2) is 9.84 Å². The molecule has 2 atom stereocenters. The summed E-state index contributed by atoms with van der Waals surface area (Å²) in [6.07, 6.45) is 3.78. The lowest BCUT2D eigenvalue weighted by Gasteiger charge is -2.39. The van der Waals surface area contributed by atoms with Crippen molar-refractivity contribution in [3.63, 3.8) is 0 Å². The second kappa shape index (κ2) is 11.9. The molecule has 3 heterocycles. The van der Waals surface area contributed by atoms with Crippen LogP contribution in [0.2, 0.25) is 0 Å². The summed E-state index contributed by atoms with van der Waals surface area (Å²) in [5.41, 5.74) is 3.73. The summed E-state index contributed by atoms with van der Waals surface area (Å²) in [6.45, 7) is 7.38. The van der Waals surface area contributed by atoms with Gasteiger partial charge in [0, 0.05) is 50.5 Å². The van der Waals surface area contributed by atoms with Crippen LogP contribution in [0.3, 0.4) is 0 Å². The van der Waals surface area contributed by atoms with Crippen LogP contribution in [0.15, 0.2) is 83.8 Å². The molecule has 6 rings (SSSR count). The molecule has 0 bridgehead atoms. The fourth-order valence-corrected chi connectivity index (χ4v) is 7.98. The van der Waals surface area contributed by atoms with Crippen LogP contribution in [0, 0.1) is 18.3 Å². The molecular formula is C35H41N3O4S. The van der Waals surface area contributed by atoms with Crippen LogP contribution in [0.5, 0.6) is 0 Å². The van der Waals surface area contributed by atoms with Crippen LogP contribution in [-0.2, 0) is 21.2 Å². The number of hydrogen-bond acceptors (Lipinski definition) is 5. The molecule has 3 aromatic rings. The van der Waals surface area contributed by atoms with Gasteiger partial charge in [-0.3, -0.25) is 9.59 Å². The molecule has 3 fully saturated rings. The first kappa shape index (κ1) is 29.6. The fraction of sp³-hybridized carbons (Fsp3) is 0.429. The Morgan fingerprint density at radius 2 is 1.51 bits per heavy atom. The molecule has 3 aliphatic rings. The number of carbonyl (C=O) groups is 2. The highest BCUT2D eigenvalue weighted by atomic mass is 32.2. The number of nitrogens with zero attached hydrogens (tertiary/aromatic N) is 3. The minimum Gasteiger partial charge on any atom is -0.338 e. The van der Waals surface area contributed by atoms with Gasteiger partial charge in [-0.2, -0.15) is 0 Å². The first-order chi connectivity index (χ1) is 20.6. The highest BCUT2D eigenvalue weighted by Crippen LogP contribution is 2.43. The Labute approximate surface area is 255 Å². The van der Waals surface area contributed by atoms with Crippen molar-refractivity contribution in [1.29, 1.82) is 0 Å². The van der Waals surface area contributed by atoms with Crippen molar-refractivity contribution < 1.29 is 18.0 Å². The molecule has 8 heteroatoms. The number of piperidine rings is 1. The minimum absolute atomic E-state index is 0.113. The van der Waals surface area contributed by atoms with Crippen molar-refractivity contribution in [3.05, 3.63) is 101 Å². The van der Waals surface area contributed by atoms with E-state index < -0.39 is 9.84 Å². The Balaban J connectivity index is 1.09. The molecular weight excluding hydrogens is 558 g/mol. The van der Waals surface area contributed by atoms with Crippen LogP contribution < -0.4 is 0 Å². The number of amides is 2. The zero-order valence-electron chi connectivity index (χ0n) is 25.1. The van der Waals surface area contributed by atoms with E-state index >= 15 is 0 Å². The van der Waals surface area contributed by atoms with E-state index in [2.05, 4.69) is 29.2 Å². The van der Waals surface area contributed by atoms with Crippen molar-refractivity contribution in [2.75, 3.05) is 45.5 Å². The van der Waals surface area contributed by atoms with Crippen LogP contribution in [0.1, 0.15) is 52.2 Å². The third kappa shape index (κ3) is 6.13. The van der Waals surface area contributed by atoms with E-state index in [4.69, 9.17) is 0 Å². The lowest BCUT2D eigenvalue weighted by molar-refractivity contribution is -0.139.